The third-order valence-corrected chi connectivity index (χ3v) is 9.43. The van der Waals surface area contributed by atoms with E-state index in [0.29, 0.717) is 22.0 Å². The zero-order chi connectivity index (χ0) is 52.0. The molecule has 1 aromatic heterocycles. The minimum absolute atomic E-state index is 0. The monoisotopic (exact) mass is 1430 g/mol. The van der Waals surface area contributed by atoms with E-state index in [-0.39, 0.29) is 76.2 Å². The molecule has 0 bridgehead atoms. The van der Waals surface area contributed by atoms with Gasteiger partial charge >= 0.3 is 209 Å². The van der Waals surface area contributed by atoms with Gasteiger partial charge in [-0.05, 0) is 50.4 Å². The van der Waals surface area contributed by atoms with Crippen LogP contribution in [0, 0.1) is 93.6 Å². The fraction of sp³-hybridized carbons (Fsp3) is 0.244. The van der Waals surface area contributed by atoms with Crippen molar-refractivity contribution in [1.29, 1.82) is 0 Å². The second kappa shape index (κ2) is 99.0. The van der Waals surface area contributed by atoms with Gasteiger partial charge in [-0.3, -0.25) is 0 Å². The zero-order valence-corrected chi connectivity index (χ0v) is 49.3. The van der Waals surface area contributed by atoms with Crippen LogP contribution in [0.15, 0.2) is 85.2 Å². The molecule has 0 aliphatic carbocycles. The van der Waals surface area contributed by atoms with Gasteiger partial charge in [0.15, 0.2) is 4.30 Å². The summed E-state index contributed by atoms with van der Waals surface area (Å²) in [6.45, 7) is 52.5. The number of halogens is 3. The Labute approximate surface area is 485 Å². The van der Waals surface area contributed by atoms with Crippen LogP contribution in [0.1, 0.15) is 16.7 Å². The first-order valence-corrected chi connectivity index (χ1v) is 22.8. The van der Waals surface area contributed by atoms with Gasteiger partial charge in [0.05, 0.1) is 12.2 Å². The molecule has 0 radical (unpaired) electrons. The van der Waals surface area contributed by atoms with Gasteiger partial charge in [-0.2, -0.15) is 0 Å². The summed E-state index contributed by atoms with van der Waals surface area (Å²) in [5, 5.41) is 2.86. The molecule has 3 aromatic carbocycles. The molecular weight excluding hydrogens is 1390 g/mol. The van der Waals surface area contributed by atoms with E-state index in [9.17, 15) is 0 Å². The Morgan fingerprint density at radius 2 is 0.821 bits per heavy atom. The van der Waals surface area contributed by atoms with Crippen LogP contribution in [-0.2, 0) is 131 Å². The second-order valence-corrected chi connectivity index (χ2v) is 15.0. The van der Waals surface area contributed by atoms with Crippen molar-refractivity contribution in [2.75, 3.05) is 28.2 Å². The number of alkyl halides is 3. The van der Waals surface area contributed by atoms with Crippen LogP contribution in [0.4, 0.5) is 0 Å². The topological polar surface area (TPSA) is 226 Å². The molecule has 0 aliphatic heterocycles. The molecule has 0 spiro atoms. The number of aromatic nitrogens is 2. The van der Waals surface area contributed by atoms with E-state index in [1.165, 1.54) is 33.0 Å². The van der Waals surface area contributed by atoms with E-state index in [1.807, 2.05) is 0 Å². The van der Waals surface area contributed by atoms with Crippen LogP contribution in [-0.4, -0.2) is 101 Å². The van der Waals surface area contributed by atoms with Crippen LogP contribution in [0.2, 0.25) is 0 Å². The van der Waals surface area contributed by atoms with Crippen LogP contribution in [0.5, 0.6) is 0 Å². The summed E-state index contributed by atoms with van der Waals surface area (Å²) in [4.78, 5) is 0. The second-order valence-electron chi connectivity index (χ2n) is 8.66. The van der Waals surface area contributed by atoms with E-state index in [1.54, 1.807) is 0 Å². The number of rotatable bonds is 10. The van der Waals surface area contributed by atoms with E-state index in [4.69, 9.17) is 90.8 Å². The van der Waals surface area contributed by atoms with Gasteiger partial charge in [0.1, 0.15) is 0 Å². The number of hydrogen-bond donors (Lipinski definition) is 0. The molecular formula is C41H36Cl3Fe4N2O12PSe4-4. The van der Waals surface area contributed by atoms with Crippen molar-refractivity contribution in [3.05, 3.63) is 175 Å². The number of imidazole rings is 1. The first-order chi connectivity index (χ1) is 30.7. The Kier molecular flexibility index (Phi) is 153. The van der Waals surface area contributed by atoms with Gasteiger partial charge in [0.25, 0.3) is 0 Å². The third kappa shape index (κ3) is 70.0. The predicted octanol–water partition coefficient (Wildman–Crippen LogP) is 4.73. The number of ether oxygens (including phenoxy) is 2. The molecule has 0 amide bonds. The molecule has 0 saturated heterocycles. The minimum atomic E-state index is -0.750. The molecule has 368 valence electrons. The average Bonchev–Trinajstić information content (AvgIpc) is 3.82. The van der Waals surface area contributed by atoms with Crippen LogP contribution in [0.3, 0.4) is 0 Å². The van der Waals surface area contributed by atoms with Gasteiger partial charge < -0.3 is 9.13 Å². The van der Waals surface area contributed by atoms with Crippen LogP contribution < -0.4 is 15.2 Å². The molecule has 0 saturated carbocycles. The third-order valence-electron chi connectivity index (χ3n) is 5.54. The average molecular weight is 1430 g/mol. The van der Waals surface area contributed by atoms with Crippen molar-refractivity contribution in [2.45, 2.75) is 31.6 Å². The van der Waals surface area contributed by atoms with Crippen molar-refractivity contribution in [3.63, 3.8) is 0 Å². The number of aryl methyl sites for hydroxylation is 4. The van der Waals surface area contributed by atoms with Gasteiger partial charge in [-0.15, -0.1) is 0 Å². The Balaban J connectivity index is -0.0000000518. The summed E-state index contributed by atoms with van der Waals surface area (Å²) >= 11 is 25.2. The van der Waals surface area contributed by atoms with E-state index < -0.39 is 4.30 Å². The summed E-state index contributed by atoms with van der Waals surface area (Å²) in [7, 11) is -0.386. The van der Waals surface area contributed by atoms with E-state index in [2.05, 4.69) is 252 Å². The van der Waals surface area contributed by atoms with Gasteiger partial charge in [-0.1, -0.05) is 113 Å². The molecule has 4 aromatic rings. The summed E-state index contributed by atoms with van der Waals surface area (Å²) < 4.78 is 88.0. The number of hydrogen-bond acceptors (Lipinski definition) is 2. The number of nitrogens with zero attached hydrogens (tertiary/aromatic N) is 2. The predicted molar refractivity (Wildman–Crippen MR) is 228 cm³/mol. The van der Waals surface area contributed by atoms with E-state index >= 15 is 0 Å². The molecule has 0 fully saturated rings. The van der Waals surface area contributed by atoms with Crippen molar-refractivity contribution < 1.29 is 129 Å². The summed E-state index contributed by atoms with van der Waals surface area (Å²) in [5.74, 6) is 0. The quantitative estimate of drug-likeness (QED) is 0.0548. The summed E-state index contributed by atoms with van der Waals surface area (Å²) in [6.07, 6.45) is 8.89. The Morgan fingerprint density at radius 1 is 0.552 bits per heavy atom. The molecule has 0 unspecified atom stereocenters. The molecule has 0 atom stereocenters. The fourth-order valence-electron chi connectivity index (χ4n) is 4.05. The summed E-state index contributed by atoms with van der Waals surface area (Å²) in [5.41, 5.74) is 7.87. The van der Waals surface area contributed by atoms with Crippen LogP contribution >= 0.6 is 42.7 Å². The molecule has 0 aliphatic rings. The summed E-state index contributed by atoms with van der Waals surface area (Å²) in [6, 6.07) is 26.3. The van der Waals surface area contributed by atoms with Crippen molar-refractivity contribution >= 4 is 117 Å². The van der Waals surface area contributed by atoms with Crippen LogP contribution in [0.25, 0.3) is 5.69 Å². The zero-order valence-electron chi connectivity index (χ0n) is 34.8. The molecule has 0 N–H and O–H groups in total. The molecule has 67 heavy (non-hydrogen) atoms. The molecule has 26 heteroatoms. The standard InChI is InChI=1S/C26H27N2P.2C2H6OSe2.CHCl3.10CO.4Fe/c1-21-18-22(2)26(23(3)19-21)28-15-14-27(20-28)16-17-29(24-10-6-4-7-11-24)25-12-8-5-9-13-25;2*4-1-3-2-5;2-1(3)4;10*1-2;;;;/h4-15,18-19H,16-17H2,1-3H3;2*4-5H,1-2H2;1H;;;;;;;;;;;;;;/p-4. The van der Waals surface area contributed by atoms with E-state index in [0.717, 1.165) is 12.7 Å². The normalized spacial score (nSPS) is 6.93. The van der Waals surface area contributed by atoms with Gasteiger partial charge in [-0.25, -0.2) is 0 Å². The maximum absolute atomic E-state index is 7.50. The van der Waals surface area contributed by atoms with Crippen molar-refractivity contribution in [1.82, 2.24) is 4.57 Å². The number of benzene rings is 3. The van der Waals surface area contributed by atoms with Crippen molar-refractivity contribution in [2.24, 2.45) is 0 Å². The fourth-order valence-corrected chi connectivity index (χ4v) is 8.12. The Morgan fingerprint density at radius 3 is 1.06 bits per heavy atom. The first kappa shape index (κ1) is 104. The molecule has 4 rings (SSSR count). The van der Waals surface area contributed by atoms with Gasteiger partial charge in [0, 0.05) is 86.8 Å². The Hall–Kier alpha value is -0.354. The Bertz CT molecular complexity index is 1600. The van der Waals surface area contributed by atoms with Gasteiger partial charge in [0.2, 0.25) is 6.33 Å². The SMILES string of the molecule is Cc1cc(C)c(-[n+]2[c-]n(CCP(c3ccccc3)c3ccccc3)cc2)c(C)c1.ClC(Cl)Cl.[C-]#[O+].[C-]#[O+].[C-]#[O+].[C-]#[O+].[C-]#[O+].[C-]#[O+].[C-]#[O+].[C-]#[O+].[C-]#[O+].[C-]#[O+].[Fe].[Fe].[Fe].[Fe].[Se-]COC[Se-].[Se-]COC[Se-]. The first-order valence-electron chi connectivity index (χ1n) is 15.1. The molecule has 1 heterocycles. The van der Waals surface area contributed by atoms with Crippen molar-refractivity contribution in [3.8, 4) is 5.69 Å². The molecule has 14 nitrogen and oxygen atoms in total. The maximum atomic E-state index is 7.50.